The third-order valence-corrected chi connectivity index (χ3v) is 2.30. The van der Waals surface area contributed by atoms with Crippen LogP contribution in [0.4, 0.5) is 0 Å². The van der Waals surface area contributed by atoms with Gasteiger partial charge < -0.3 is 10.6 Å². The Labute approximate surface area is 79.6 Å². The minimum absolute atomic E-state index is 0.107. The average Bonchev–Trinajstić information content (AvgIpc) is 2.82. The van der Waals surface area contributed by atoms with E-state index in [1.165, 1.54) is 12.8 Å². The summed E-state index contributed by atoms with van der Waals surface area (Å²) in [6.45, 7) is 7.00. The summed E-state index contributed by atoms with van der Waals surface area (Å²) in [5.41, 5.74) is 0. The Bertz CT molecular complexity index is 172. The van der Waals surface area contributed by atoms with Crippen LogP contribution in [0, 0.1) is 0 Å². The van der Waals surface area contributed by atoms with Crippen LogP contribution in [0.2, 0.25) is 0 Å². The molecule has 3 nitrogen and oxygen atoms in total. The van der Waals surface area contributed by atoms with Gasteiger partial charge in [-0.3, -0.25) is 4.79 Å². The van der Waals surface area contributed by atoms with E-state index in [-0.39, 0.29) is 11.9 Å². The molecule has 1 heterocycles. The van der Waals surface area contributed by atoms with Gasteiger partial charge in [0, 0.05) is 6.04 Å². The normalized spacial score (nSPS) is 26.0. The molecule has 0 radical (unpaired) electrons. The number of rotatable bonds is 2. The molecule has 2 rings (SSSR count). The predicted octanol–water partition coefficient (Wildman–Crippen LogP) is 0.819. The first kappa shape index (κ1) is 10.3. The lowest BCUT2D eigenvalue weighted by Crippen LogP contribution is -2.41. The van der Waals surface area contributed by atoms with Gasteiger partial charge in [-0.15, -0.1) is 13.2 Å². The molecule has 1 saturated heterocycles. The molecule has 1 amide bonds. The fourth-order valence-electron chi connectivity index (χ4n) is 1.44. The van der Waals surface area contributed by atoms with Crippen LogP contribution in [-0.4, -0.2) is 24.5 Å². The molecule has 1 aliphatic heterocycles. The molecule has 2 aliphatic rings. The highest BCUT2D eigenvalue weighted by Gasteiger charge is 2.28. The number of amides is 1. The number of carbonyl (C=O) groups is 1. The molecule has 0 spiro atoms. The van der Waals surface area contributed by atoms with Crippen LogP contribution < -0.4 is 10.6 Å². The first-order valence-electron chi connectivity index (χ1n) is 4.90. The summed E-state index contributed by atoms with van der Waals surface area (Å²) in [5, 5.41) is 6.17. The minimum Gasteiger partial charge on any atom is -0.352 e. The van der Waals surface area contributed by atoms with Crippen LogP contribution in [0.3, 0.4) is 0 Å². The topological polar surface area (TPSA) is 41.1 Å². The van der Waals surface area contributed by atoms with Crippen LogP contribution >= 0.6 is 0 Å². The zero-order valence-electron chi connectivity index (χ0n) is 8.01. The Morgan fingerprint density at radius 2 is 2.00 bits per heavy atom. The summed E-state index contributed by atoms with van der Waals surface area (Å²) in [6, 6.07) is 0.612. The molecule has 0 aromatic heterocycles. The summed E-state index contributed by atoms with van der Waals surface area (Å²) in [6.07, 6.45) is 4.51. The Morgan fingerprint density at radius 3 is 2.46 bits per heavy atom. The number of nitrogens with one attached hydrogen (secondary N) is 2. The van der Waals surface area contributed by atoms with Crippen molar-refractivity contribution in [2.24, 2.45) is 0 Å². The van der Waals surface area contributed by atoms with Gasteiger partial charge in [0.2, 0.25) is 5.91 Å². The van der Waals surface area contributed by atoms with E-state index in [4.69, 9.17) is 0 Å². The Hall–Kier alpha value is -0.830. The van der Waals surface area contributed by atoms with Crippen molar-refractivity contribution < 1.29 is 4.79 Å². The lowest BCUT2D eigenvalue weighted by Gasteiger charge is -2.09. The van der Waals surface area contributed by atoms with Crippen molar-refractivity contribution in [1.29, 1.82) is 0 Å². The summed E-state index contributed by atoms with van der Waals surface area (Å²) >= 11 is 0. The van der Waals surface area contributed by atoms with E-state index in [0.717, 1.165) is 19.4 Å². The van der Waals surface area contributed by atoms with Gasteiger partial charge in [-0.2, -0.15) is 0 Å². The van der Waals surface area contributed by atoms with E-state index in [1.54, 1.807) is 0 Å². The summed E-state index contributed by atoms with van der Waals surface area (Å²) in [7, 11) is 0. The van der Waals surface area contributed by atoms with Crippen molar-refractivity contribution in [1.82, 2.24) is 10.6 Å². The van der Waals surface area contributed by atoms with Gasteiger partial charge in [0.15, 0.2) is 0 Å². The van der Waals surface area contributed by atoms with Crippen molar-refractivity contribution in [3.63, 3.8) is 0 Å². The molecule has 0 aromatic rings. The molecule has 1 atom stereocenters. The smallest absolute Gasteiger partial charge is 0.237 e. The fraction of sp³-hybridized carbons (Fsp3) is 0.700. The second-order valence-corrected chi connectivity index (χ2v) is 3.43. The molecule has 3 heteroatoms. The molecule has 74 valence electrons. The summed E-state index contributed by atoms with van der Waals surface area (Å²) in [4.78, 5) is 11.3. The highest BCUT2D eigenvalue weighted by atomic mass is 16.2. The van der Waals surface area contributed by atoms with Gasteiger partial charge in [0.25, 0.3) is 0 Å². The van der Waals surface area contributed by atoms with Crippen LogP contribution in [0.25, 0.3) is 0 Å². The molecule has 0 bridgehead atoms. The van der Waals surface area contributed by atoms with Crippen LogP contribution in [0.5, 0.6) is 0 Å². The summed E-state index contributed by atoms with van der Waals surface area (Å²) < 4.78 is 0. The van der Waals surface area contributed by atoms with Crippen LogP contribution in [0.1, 0.15) is 25.7 Å². The Morgan fingerprint density at radius 1 is 1.31 bits per heavy atom. The van der Waals surface area contributed by atoms with Crippen molar-refractivity contribution in [3.05, 3.63) is 13.2 Å². The lowest BCUT2D eigenvalue weighted by atomic mass is 10.2. The zero-order chi connectivity index (χ0) is 9.68. The van der Waals surface area contributed by atoms with Gasteiger partial charge in [-0.05, 0) is 32.2 Å². The molecule has 2 fully saturated rings. The van der Waals surface area contributed by atoms with Gasteiger partial charge in [-0.1, -0.05) is 0 Å². The van der Waals surface area contributed by atoms with E-state index in [1.807, 2.05) is 0 Å². The molecule has 2 N–H and O–H groups in total. The SMILES string of the molecule is C=C.O=C(NC1CC1)C1CCCN1. The van der Waals surface area contributed by atoms with E-state index in [2.05, 4.69) is 23.8 Å². The zero-order valence-corrected chi connectivity index (χ0v) is 8.01. The quantitative estimate of drug-likeness (QED) is 0.621. The van der Waals surface area contributed by atoms with Gasteiger partial charge in [-0.25, -0.2) is 0 Å². The lowest BCUT2D eigenvalue weighted by molar-refractivity contribution is -0.122. The molecule has 13 heavy (non-hydrogen) atoms. The van der Waals surface area contributed by atoms with E-state index in [9.17, 15) is 4.79 Å². The Kier molecular flexibility index (Phi) is 3.96. The predicted molar refractivity (Wildman–Crippen MR) is 53.4 cm³/mol. The average molecular weight is 182 g/mol. The minimum atomic E-state index is 0.107. The van der Waals surface area contributed by atoms with Crippen molar-refractivity contribution in [3.8, 4) is 0 Å². The van der Waals surface area contributed by atoms with Gasteiger partial charge in [0.1, 0.15) is 0 Å². The highest BCUT2D eigenvalue weighted by molar-refractivity contribution is 5.82. The van der Waals surface area contributed by atoms with Crippen molar-refractivity contribution in [2.45, 2.75) is 37.8 Å². The maximum atomic E-state index is 11.3. The van der Waals surface area contributed by atoms with Crippen LogP contribution in [-0.2, 0) is 4.79 Å². The number of hydrogen-bond donors (Lipinski definition) is 2. The first-order valence-corrected chi connectivity index (χ1v) is 4.90. The molecule has 1 saturated carbocycles. The fourth-order valence-corrected chi connectivity index (χ4v) is 1.44. The van der Waals surface area contributed by atoms with Crippen molar-refractivity contribution in [2.75, 3.05) is 6.54 Å². The highest BCUT2D eigenvalue weighted by Crippen LogP contribution is 2.19. The first-order chi connectivity index (χ1) is 6.36. The second-order valence-electron chi connectivity index (χ2n) is 3.43. The second kappa shape index (κ2) is 5.02. The monoisotopic (exact) mass is 182 g/mol. The largest absolute Gasteiger partial charge is 0.352 e. The molecule has 1 unspecified atom stereocenters. The van der Waals surface area contributed by atoms with Crippen LogP contribution in [0.15, 0.2) is 13.2 Å². The standard InChI is InChI=1S/C8H14N2O.C2H4/c11-8(10-6-3-4-6)7-2-1-5-9-7;1-2/h6-7,9H,1-5H2,(H,10,11);1-2H2. The number of hydrogen-bond acceptors (Lipinski definition) is 2. The summed E-state index contributed by atoms with van der Waals surface area (Å²) in [5.74, 6) is 0.213. The molecule has 1 aliphatic carbocycles. The molecular weight excluding hydrogens is 164 g/mol. The molecular formula is C10H18N2O. The third kappa shape index (κ3) is 3.19. The van der Waals surface area contributed by atoms with Gasteiger partial charge in [0.05, 0.1) is 6.04 Å². The van der Waals surface area contributed by atoms with Crippen molar-refractivity contribution >= 4 is 5.91 Å². The maximum absolute atomic E-state index is 11.3. The third-order valence-electron chi connectivity index (χ3n) is 2.30. The van der Waals surface area contributed by atoms with E-state index in [0.29, 0.717) is 6.04 Å². The van der Waals surface area contributed by atoms with E-state index >= 15 is 0 Å². The van der Waals surface area contributed by atoms with E-state index < -0.39 is 0 Å². The molecule has 0 aromatic carbocycles. The maximum Gasteiger partial charge on any atom is 0.237 e. The number of carbonyl (C=O) groups excluding carboxylic acids is 1. The Balaban J connectivity index is 0.000000396. The van der Waals surface area contributed by atoms with Gasteiger partial charge >= 0.3 is 0 Å².